The summed E-state index contributed by atoms with van der Waals surface area (Å²) in [7, 11) is 0. The van der Waals surface area contributed by atoms with Crippen LogP contribution < -0.4 is 5.32 Å². The van der Waals surface area contributed by atoms with Crippen molar-refractivity contribution in [2.75, 3.05) is 11.9 Å². The van der Waals surface area contributed by atoms with E-state index in [2.05, 4.69) is 5.32 Å². The molecule has 0 aromatic heterocycles. The van der Waals surface area contributed by atoms with E-state index in [-0.39, 0.29) is 5.69 Å². The first-order valence-electron chi connectivity index (χ1n) is 6.56. The van der Waals surface area contributed by atoms with Gasteiger partial charge in [-0.15, -0.1) is 0 Å². The highest BCUT2D eigenvalue weighted by molar-refractivity contribution is 5.45. The van der Waals surface area contributed by atoms with Crippen LogP contribution in [0, 0.1) is 23.4 Å². The first kappa shape index (κ1) is 13.2. The minimum Gasteiger partial charge on any atom is -0.383 e. The highest BCUT2D eigenvalue weighted by Crippen LogP contribution is 2.26. The van der Waals surface area contributed by atoms with E-state index < -0.39 is 17.5 Å². The lowest BCUT2D eigenvalue weighted by Gasteiger charge is -2.21. The molecule has 2 rings (SSSR count). The highest BCUT2D eigenvalue weighted by Gasteiger charge is 2.15. The topological polar surface area (TPSA) is 12.0 Å². The van der Waals surface area contributed by atoms with Gasteiger partial charge in [-0.2, -0.15) is 0 Å². The van der Waals surface area contributed by atoms with Gasteiger partial charge in [-0.3, -0.25) is 0 Å². The fourth-order valence-corrected chi connectivity index (χ4v) is 2.55. The monoisotopic (exact) mass is 257 g/mol. The first-order chi connectivity index (χ1) is 8.68. The van der Waals surface area contributed by atoms with E-state index in [0.29, 0.717) is 12.5 Å². The van der Waals surface area contributed by atoms with Crippen LogP contribution in [0.3, 0.4) is 0 Å². The Morgan fingerprint density at radius 2 is 1.72 bits per heavy atom. The van der Waals surface area contributed by atoms with E-state index in [0.717, 1.165) is 12.5 Å². The second-order valence-electron chi connectivity index (χ2n) is 4.94. The van der Waals surface area contributed by atoms with E-state index in [1.807, 2.05) is 0 Å². The number of rotatable bonds is 4. The average Bonchev–Trinajstić information content (AvgIpc) is 2.40. The van der Waals surface area contributed by atoms with E-state index in [1.165, 1.54) is 38.2 Å². The zero-order valence-electron chi connectivity index (χ0n) is 10.3. The Morgan fingerprint density at radius 3 is 2.44 bits per heavy atom. The molecule has 4 heteroatoms. The minimum absolute atomic E-state index is 0.0460. The van der Waals surface area contributed by atoms with Crippen molar-refractivity contribution >= 4 is 5.69 Å². The molecule has 1 N–H and O–H groups in total. The van der Waals surface area contributed by atoms with Crippen LogP contribution in [0.5, 0.6) is 0 Å². The molecule has 1 saturated carbocycles. The Bertz CT molecular complexity index is 400. The van der Waals surface area contributed by atoms with Crippen LogP contribution in [0.25, 0.3) is 0 Å². The molecule has 0 bridgehead atoms. The van der Waals surface area contributed by atoms with Crippen molar-refractivity contribution in [2.24, 2.45) is 5.92 Å². The molecule has 18 heavy (non-hydrogen) atoms. The summed E-state index contributed by atoms with van der Waals surface area (Å²) in [6.07, 6.45) is 7.25. The van der Waals surface area contributed by atoms with Crippen LogP contribution in [0.4, 0.5) is 18.9 Å². The van der Waals surface area contributed by atoms with E-state index in [9.17, 15) is 13.2 Å². The number of hydrogen-bond donors (Lipinski definition) is 1. The molecule has 1 aromatic carbocycles. The van der Waals surface area contributed by atoms with Gasteiger partial charge in [0.1, 0.15) is 0 Å². The smallest absolute Gasteiger partial charge is 0.196 e. The lowest BCUT2D eigenvalue weighted by Crippen LogP contribution is -2.13. The molecule has 0 heterocycles. The maximum Gasteiger partial charge on any atom is 0.196 e. The maximum absolute atomic E-state index is 13.4. The molecule has 0 saturated heterocycles. The van der Waals surface area contributed by atoms with E-state index >= 15 is 0 Å². The first-order valence-corrected chi connectivity index (χ1v) is 6.56. The summed E-state index contributed by atoms with van der Waals surface area (Å²) in [6.45, 7) is 0.604. The molecule has 1 nitrogen and oxygen atoms in total. The normalized spacial score (nSPS) is 16.8. The fourth-order valence-electron chi connectivity index (χ4n) is 2.55. The van der Waals surface area contributed by atoms with Gasteiger partial charge in [0.05, 0.1) is 5.69 Å². The minimum atomic E-state index is -1.40. The Kier molecular flexibility index (Phi) is 4.50. The molecule has 0 radical (unpaired) electrons. The third-order valence-corrected chi connectivity index (χ3v) is 3.63. The Balaban J connectivity index is 1.84. The van der Waals surface area contributed by atoms with Gasteiger partial charge in [0, 0.05) is 6.54 Å². The van der Waals surface area contributed by atoms with Crippen molar-refractivity contribution in [3.8, 4) is 0 Å². The van der Waals surface area contributed by atoms with Gasteiger partial charge in [0.2, 0.25) is 0 Å². The summed E-state index contributed by atoms with van der Waals surface area (Å²) in [5.41, 5.74) is 0.0460. The molecular weight excluding hydrogens is 239 g/mol. The number of benzene rings is 1. The van der Waals surface area contributed by atoms with E-state index in [1.54, 1.807) is 0 Å². The second kappa shape index (κ2) is 6.12. The van der Waals surface area contributed by atoms with Gasteiger partial charge in [-0.1, -0.05) is 32.1 Å². The van der Waals surface area contributed by atoms with Crippen LogP contribution >= 0.6 is 0 Å². The summed E-state index contributed by atoms with van der Waals surface area (Å²) in [5.74, 6) is -3.00. The average molecular weight is 257 g/mol. The Hall–Kier alpha value is -1.19. The Labute approximate surface area is 105 Å². The largest absolute Gasteiger partial charge is 0.383 e. The molecule has 1 fully saturated rings. The standard InChI is InChI=1S/C14H18F3N/c15-11-6-7-12(14(17)13(11)16)18-9-8-10-4-2-1-3-5-10/h6-7,10,18H,1-5,8-9H2. The van der Waals surface area contributed by atoms with Gasteiger partial charge in [-0.05, 0) is 24.5 Å². The lowest BCUT2D eigenvalue weighted by atomic mass is 9.87. The highest BCUT2D eigenvalue weighted by atomic mass is 19.2. The molecule has 0 unspecified atom stereocenters. The number of nitrogens with one attached hydrogen (secondary N) is 1. The summed E-state index contributed by atoms with van der Waals surface area (Å²) in [6, 6.07) is 2.19. The summed E-state index contributed by atoms with van der Waals surface area (Å²) in [5, 5.41) is 2.85. The Morgan fingerprint density at radius 1 is 1.00 bits per heavy atom. The maximum atomic E-state index is 13.4. The van der Waals surface area contributed by atoms with Crippen LogP contribution in [0.2, 0.25) is 0 Å². The summed E-state index contributed by atoms with van der Waals surface area (Å²) >= 11 is 0. The van der Waals surface area contributed by atoms with Gasteiger partial charge in [0.15, 0.2) is 17.5 Å². The fraction of sp³-hybridized carbons (Fsp3) is 0.571. The predicted octanol–water partition coefficient (Wildman–Crippen LogP) is 4.49. The predicted molar refractivity (Wildman–Crippen MR) is 66.0 cm³/mol. The van der Waals surface area contributed by atoms with Crippen LogP contribution in [-0.2, 0) is 0 Å². The van der Waals surface area contributed by atoms with Crippen molar-refractivity contribution in [1.82, 2.24) is 0 Å². The van der Waals surface area contributed by atoms with E-state index in [4.69, 9.17) is 0 Å². The second-order valence-corrected chi connectivity index (χ2v) is 4.94. The molecule has 1 aliphatic carbocycles. The molecule has 0 amide bonds. The molecule has 100 valence electrons. The van der Waals surface area contributed by atoms with Gasteiger partial charge in [0.25, 0.3) is 0 Å². The zero-order chi connectivity index (χ0) is 13.0. The number of halogens is 3. The van der Waals surface area contributed by atoms with Crippen LogP contribution in [0.15, 0.2) is 12.1 Å². The SMILES string of the molecule is Fc1ccc(NCCC2CCCCC2)c(F)c1F. The van der Waals surface area contributed by atoms with Crippen LogP contribution in [-0.4, -0.2) is 6.54 Å². The molecule has 0 atom stereocenters. The van der Waals surface area contributed by atoms with Crippen molar-refractivity contribution < 1.29 is 13.2 Å². The molecule has 0 spiro atoms. The summed E-state index contributed by atoms with van der Waals surface area (Å²) < 4.78 is 39.1. The third kappa shape index (κ3) is 3.18. The van der Waals surface area contributed by atoms with Gasteiger partial charge >= 0.3 is 0 Å². The molecule has 0 aliphatic heterocycles. The summed E-state index contributed by atoms with van der Waals surface area (Å²) in [4.78, 5) is 0. The van der Waals surface area contributed by atoms with Gasteiger partial charge in [-0.25, -0.2) is 13.2 Å². The molecular formula is C14H18F3N. The lowest BCUT2D eigenvalue weighted by molar-refractivity contribution is 0.345. The van der Waals surface area contributed by atoms with Gasteiger partial charge < -0.3 is 5.32 Å². The van der Waals surface area contributed by atoms with Crippen LogP contribution in [0.1, 0.15) is 38.5 Å². The molecule has 1 aliphatic rings. The van der Waals surface area contributed by atoms with Crippen molar-refractivity contribution in [3.63, 3.8) is 0 Å². The number of anilines is 1. The zero-order valence-corrected chi connectivity index (χ0v) is 10.3. The third-order valence-electron chi connectivity index (χ3n) is 3.63. The van der Waals surface area contributed by atoms with Crippen molar-refractivity contribution in [1.29, 1.82) is 0 Å². The van der Waals surface area contributed by atoms with Crippen molar-refractivity contribution in [3.05, 3.63) is 29.6 Å². The van der Waals surface area contributed by atoms with Crippen molar-refractivity contribution in [2.45, 2.75) is 38.5 Å². The molecule has 1 aromatic rings. The quantitative estimate of drug-likeness (QED) is 0.784. The number of hydrogen-bond acceptors (Lipinski definition) is 1.